The minimum absolute atomic E-state index is 0.138. The number of nitrogens with zero attached hydrogens (tertiary/aromatic N) is 2. The smallest absolute Gasteiger partial charge is 0.270 e. The maximum Gasteiger partial charge on any atom is 0.270 e. The molecule has 0 atom stereocenters. The number of carbonyl (C=O) groups is 1. The number of methoxy groups -OCH3 is 1. The van der Waals surface area contributed by atoms with Crippen LogP contribution in [0.5, 0.6) is 0 Å². The number of rotatable bonds is 7. The third-order valence-corrected chi connectivity index (χ3v) is 4.40. The standard InChI is InChI=1S/C22H25N3O2/c1-16-10-11-20(17(2)14-16)25-21(22(26)23-12-7-13-27-3)15-19(24-25)18-8-5-4-6-9-18/h4-6,8-11,14-15H,7,12-13H2,1-3H3,(H,23,26). The molecule has 0 spiro atoms. The fourth-order valence-electron chi connectivity index (χ4n) is 3.03. The normalized spacial score (nSPS) is 10.8. The van der Waals surface area contributed by atoms with Crippen molar-refractivity contribution in [3.8, 4) is 16.9 Å². The van der Waals surface area contributed by atoms with E-state index in [-0.39, 0.29) is 5.91 Å². The molecule has 5 heteroatoms. The Balaban J connectivity index is 1.99. The number of aromatic nitrogens is 2. The molecular weight excluding hydrogens is 338 g/mol. The van der Waals surface area contributed by atoms with Crippen molar-refractivity contribution in [1.82, 2.24) is 15.1 Å². The third kappa shape index (κ3) is 4.44. The predicted octanol–water partition coefficient (Wildman–Crippen LogP) is 3.92. The molecule has 0 radical (unpaired) electrons. The van der Waals surface area contributed by atoms with Gasteiger partial charge in [-0.25, -0.2) is 4.68 Å². The van der Waals surface area contributed by atoms with Gasteiger partial charge < -0.3 is 10.1 Å². The molecule has 3 rings (SSSR count). The molecule has 3 aromatic rings. The number of carbonyl (C=O) groups excluding carboxylic acids is 1. The summed E-state index contributed by atoms with van der Waals surface area (Å²) in [6, 6.07) is 17.9. The molecule has 1 N–H and O–H groups in total. The van der Waals surface area contributed by atoms with E-state index >= 15 is 0 Å². The predicted molar refractivity (Wildman–Crippen MR) is 107 cm³/mol. The number of hydrogen-bond donors (Lipinski definition) is 1. The summed E-state index contributed by atoms with van der Waals surface area (Å²) in [6.07, 6.45) is 0.769. The lowest BCUT2D eigenvalue weighted by Crippen LogP contribution is -2.27. The van der Waals surface area contributed by atoms with Crippen LogP contribution in [0.2, 0.25) is 0 Å². The van der Waals surface area contributed by atoms with Gasteiger partial charge in [-0.1, -0.05) is 48.0 Å². The molecule has 1 amide bonds. The van der Waals surface area contributed by atoms with Gasteiger partial charge >= 0.3 is 0 Å². The van der Waals surface area contributed by atoms with E-state index < -0.39 is 0 Å². The van der Waals surface area contributed by atoms with E-state index in [0.717, 1.165) is 28.9 Å². The van der Waals surface area contributed by atoms with Crippen LogP contribution in [0.3, 0.4) is 0 Å². The molecule has 2 aromatic carbocycles. The lowest BCUT2D eigenvalue weighted by molar-refractivity contribution is 0.0941. The van der Waals surface area contributed by atoms with Gasteiger partial charge in [0.25, 0.3) is 5.91 Å². The van der Waals surface area contributed by atoms with Crippen molar-refractivity contribution in [3.05, 3.63) is 71.4 Å². The van der Waals surface area contributed by atoms with Gasteiger partial charge in [0.05, 0.1) is 11.4 Å². The summed E-state index contributed by atoms with van der Waals surface area (Å²) >= 11 is 0. The SMILES string of the molecule is COCCCNC(=O)c1cc(-c2ccccc2)nn1-c1ccc(C)cc1C. The van der Waals surface area contributed by atoms with Gasteiger partial charge in [-0.05, 0) is 38.0 Å². The largest absolute Gasteiger partial charge is 0.385 e. The molecule has 0 fully saturated rings. The Hall–Kier alpha value is -2.92. The first-order valence-electron chi connectivity index (χ1n) is 9.10. The van der Waals surface area contributed by atoms with E-state index in [0.29, 0.717) is 18.8 Å². The summed E-state index contributed by atoms with van der Waals surface area (Å²) in [7, 11) is 1.66. The van der Waals surface area contributed by atoms with Crippen molar-refractivity contribution in [3.63, 3.8) is 0 Å². The van der Waals surface area contributed by atoms with Crippen LogP contribution < -0.4 is 5.32 Å². The lowest BCUT2D eigenvalue weighted by atomic mass is 10.1. The van der Waals surface area contributed by atoms with Crippen LogP contribution in [0.15, 0.2) is 54.6 Å². The first-order chi connectivity index (χ1) is 13.1. The molecule has 0 bridgehead atoms. The van der Waals surface area contributed by atoms with Crippen LogP contribution in [0, 0.1) is 13.8 Å². The molecule has 1 heterocycles. The Morgan fingerprint density at radius 2 is 1.89 bits per heavy atom. The molecule has 1 aromatic heterocycles. The maximum atomic E-state index is 12.8. The van der Waals surface area contributed by atoms with Crippen LogP contribution in [0.1, 0.15) is 28.0 Å². The van der Waals surface area contributed by atoms with Crippen LogP contribution >= 0.6 is 0 Å². The van der Waals surface area contributed by atoms with Crippen molar-refractivity contribution in [1.29, 1.82) is 0 Å². The fourth-order valence-corrected chi connectivity index (χ4v) is 3.03. The van der Waals surface area contributed by atoms with E-state index in [9.17, 15) is 4.79 Å². The second-order valence-corrected chi connectivity index (χ2v) is 6.58. The van der Waals surface area contributed by atoms with Crippen LogP contribution in [0.25, 0.3) is 16.9 Å². The number of aryl methyl sites for hydroxylation is 2. The Kier molecular flexibility index (Phi) is 6.04. The van der Waals surface area contributed by atoms with E-state index in [2.05, 4.69) is 18.3 Å². The number of amides is 1. The Bertz CT molecular complexity index is 917. The fraction of sp³-hybridized carbons (Fsp3) is 0.273. The first kappa shape index (κ1) is 18.9. The van der Waals surface area contributed by atoms with Gasteiger partial charge in [0.1, 0.15) is 5.69 Å². The van der Waals surface area contributed by atoms with Crippen LogP contribution in [-0.4, -0.2) is 35.9 Å². The maximum absolute atomic E-state index is 12.8. The second kappa shape index (κ2) is 8.64. The van der Waals surface area contributed by atoms with Gasteiger partial charge in [-0.2, -0.15) is 5.10 Å². The molecule has 27 heavy (non-hydrogen) atoms. The van der Waals surface area contributed by atoms with Crippen LogP contribution in [0.4, 0.5) is 0 Å². The second-order valence-electron chi connectivity index (χ2n) is 6.58. The van der Waals surface area contributed by atoms with Crippen molar-refractivity contribution in [2.75, 3.05) is 20.3 Å². The number of benzene rings is 2. The van der Waals surface area contributed by atoms with E-state index in [4.69, 9.17) is 9.84 Å². The number of hydrogen-bond acceptors (Lipinski definition) is 3. The highest BCUT2D eigenvalue weighted by molar-refractivity contribution is 5.94. The number of ether oxygens (including phenoxy) is 1. The monoisotopic (exact) mass is 363 g/mol. The minimum atomic E-state index is -0.138. The Morgan fingerprint density at radius 1 is 1.11 bits per heavy atom. The van der Waals surface area contributed by atoms with E-state index in [1.165, 1.54) is 5.56 Å². The van der Waals surface area contributed by atoms with Gasteiger partial charge in [-0.15, -0.1) is 0 Å². The van der Waals surface area contributed by atoms with Crippen molar-refractivity contribution in [2.24, 2.45) is 0 Å². The first-order valence-corrected chi connectivity index (χ1v) is 9.10. The van der Waals surface area contributed by atoms with Crippen molar-refractivity contribution in [2.45, 2.75) is 20.3 Å². The summed E-state index contributed by atoms with van der Waals surface area (Å²) in [5.41, 5.74) is 5.44. The molecule has 0 saturated heterocycles. The summed E-state index contributed by atoms with van der Waals surface area (Å²) in [5, 5.41) is 7.70. The summed E-state index contributed by atoms with van der Waals surface area (Å²) in [6.45, 7) is 5.27. The topological polar surface area (TPSA) is 56.1 Å². The number of nitrogens with one attached hydrogen (secondary N) is 1. The molecule has 0 aliphatic rings. The van der Waals surface area contributed by atoms with Gasteiger partial charge in [0, 0.05) is 25.8 Å². The van der Waals surface area contributed by atoms with Crippen molar-refractivity contribution >= 4 is 5.91 Å². The van der Waals surface area contributed by atoms with E-state index in [1.807, 2.05) is 55.5 Å². The highest BCUT2D eigenvalue weighted by atomic mass is 16.5. The van der Waals surface area contributed by atoms with Crippen LogP contribution in [-0.2, 0) is 4.74 Å². The molecule has 0 unspecified atom stereocenters. The molecule has 5 nitrogen and oxygen atoms in total. The summed E-state index contributed by atoms with van der Waals surface area (Å²) < 4.78 is 6.78. The van der Waals surface area contributed by atoms with Gasteiger partial charge in [0.2, 0.25) is 0 Å². The average molecular weight is 363 g/mol. The average Bonchev–Trinajstić information content (AvgIpc) is 3.11. The molecule has 0 saturated carbocycles. The minimum Gasteiger partial charge on any atom is -0.385 e. The highest BCUT2D eigenvalue weighted by Gasteiger charge is 2.18. The van der Waals surface area contributed by atoms with Gasteiger partial charge in [0.15, 0.2) is 0 Å². The van der Waals surface area contributed by atoms with Gasteiger partial charge in [-0.3, -0.25) is 4.79 Å². The molecule has 140 valence electrons. The summed E-state index contributed by atoms with van der Waals surface area (Å²) in [4.78, 5) is 12.8. The lowest BCUT2D eigenvalue weighted by Gasteiger charge is -2.11. The zero-order valence-electron chi connectivity index (χ0n) is 16.0. The Labute approximate surface area is 160 Å². The Morgan fingerprint density at radius 3 is 2.59 bits per heavy atom. The highest BCUT2D eigenvalue weighted by Crippen LogP contribution is 2.23. The molecular formula is C22H25N3O2. The van der Waals surface area contributed by atoms with E-state index in [1.54, 1.807) is 11.8 Å². The zero-order valence-corrected chi connectivity index (χ0v) is 16.0. The van der Waals surface area contributed by atoms with Crippen molar-refractivity contribution < 1.29 is 9.53 Å². The third-order valence-electron chi connectivity index (χ3n) is 4.40. The summed E-state index contributed by atoms with van der Waals surface area (Å²) in [5.74, 6) is -0.138. The quantitative estimate of drug-likeness (QED) is 0.647. The zero-order chi connectivity index (χ0) is 19.2. The molecule has 0 aliphatic carbocycles. The molecule has 0 aliphatic heterocycles.